The molecule has 0 atom stereocenters. The number of carboxylic acids is 1. The Morgan fingerprint density at radius 3 is 2.30 bits per heavy atom. The van der Waals surface area contributed by atoms with Gasteiger partial charge in [-0.05, 0) is 36.6 Å². The Labute approximate surface area is 130 Å². The van der Waals surface area contributed by atoms with Crippen LogP contribution in [-0.4, -0.2) is 12.5 Å². The molecule has 3 nitrogen and oxygen atoms in total. The summed E-state index contributed by atoms with van der Waals surface area (Å²) in [5, 5.41) is 10.0. The predicted octanol–water partition coefficient (Wildman–Crippen LogP) is 2.41. The summed E-state index contributed by atoms with van der Waals surface area (Å²) in [5.74, 6) is -1.18. The van der Waals surface area contributed by atoms with Crippen molar-refractivity contribution >= 4 is 28.0 Å². The molecule has 0 saturated carbocycles. The zero-order valence-electron chi connectivity index (χ0n) is 12.1. The van der Waals surface area contributed by atoms with Gasteiger partial charge in [0, 0.05) is 4.47 Å². The van der Waals surface area contributed by atoms with Gasteiger partial charge in [0.2, 0.25) is 0 Å². The first-order chi connectivity index (χ1) is 9.60. The van der Waals surface area contributed by atoms with Gasteiger partial charge in [0.1, 0.15) is 0 Å². The first-order valence-corrected chi connectivity index (χ1v) is 7.83. The van der Waals surface area contributed by atoms with Gasteiger partial charge in [-0.25, -0.2) is 0 Å². The molecular weight excluding hydrogens is 318 g/mol. The monoisotopic (exact) mass is 341 g/mol. The Morgan fingerprint density at radius 1 is 1.20 bits per heavy atom. The predicted molar refractivity (Wildman–Crippen MR) is 84.7 cm³/mol. The normalized spacial score (nSPS) is 10.2. The van der Waals surface area contributed by atoms with Crippen LogP contribution >= 0.6 is 15.9 Å². The van der Waals surface area contributed by atoms with E-state index in [0.717, 1.165) is 22.7 Å². The molecular formula is C16H24BrNO2. The molecule has 0 saturated heterocycles. The lowest BCUT2D eigenvalue weighted by Crippen LogP contribution is -2.50. The maximum Gasteiger partial charge on any atom is 0.0739 e. The number of hydrogen-bond donors (Lipinski definition) is 1. The van der Waals surface area contributed by atoms with Crippen molar-refractivity contribution in [3.8, 4) is 0 Å². The van der Waals surface area contributed by atoms with Crippen molar-refractivity contribution in [3.63, 3.8) is 0 Å². The van der Waals surface area contributed by atoms with Crippen molar-refractivity contribution in [1.29, 1.82) is 0 Å². The molecule has 1 aromatic carbocycles. The van der Waals surface area contributed by atoms with Gasteiger partial charge in [-0.3, -0.25) is 0 Å². The van der Waals surface area contributed by atoms with E-state index in [0.29, 0.717) is 0 Å². The molecule has 0 radical (unpaired) electrons. The van der Waals surface area contributed by atoms with Gasteiger partial charge in [-0.1, -0.05) is 60.3 Å². The molecule has 1 rings (SSSR count). The first-order valence-electron chi connectivity index (χ1n) is 7.04. The first kappa shape index (κ1) is 18.9. The molecule has 20 heavy (non-hydrogen) atoms. The second-order valence-electron chi connectivity index (χ2n) is 4.47. The second kappa shape index (κ2) is 12.9. The molecule has 4 heteroatoms. The quantitative estimate of drug-likeness (QED) is 0.611. The van der Waals surface area contributed by atoms with E-state index in [1.807, 2.05) is 24.3 Å². The summed E-state index contributed by atoms with van der Waals surface area (Å²) in [7, 11) is 0. The highest BCUT2D eigenvalue weighted by atomic mass is 79.9. The molecule has 0 aliphatic rings. The van der Waals surface area contributed by atoms with Crippen LogP contribution in [0.1, 0.15) is 44.6 Å². The lowest BCUT2D eigenvalue weighted by molar-refractivity contribution is -0.368. The van der Waals surface area contributed by atoms with Crippen molar-refractivity contribution in [1.82, 2.24) is 0 Å². The van der Waals surface area contributed by atoms with Crippen LogP contribution in [0.5, 0.6) is 0 Å². The number of rotatable bonds is 7. The van der Waals surface area contributed by atoms with E-state index in [4.69, 9.17) is 0 Å². The van der Waals surface area contributed by atoms with E-state index in [2.05, 4.69) is 28.6 Å². The standard InChI is InChI=1S/C9H7BrO2.C7H17N/c10-8-4-1-7(2-5-8)3-6-9(11)12;1-2-3-4-5-6-7-8/h1-6H,(H,11,12);2-8H2,1H3/b6-3+;. The van der Waals surface area contributed by atoms with Crippen molar-refractivity contribution < 1.29 is 15.6 Å². The molecule has 3 N–H and O–H groups in total. The van der Waals surface area contributed by atoms with E-state index in [-0.39, 0.29) is 0 Å². The van der Waals surface area contributed by atoms with E-state index in [1.165, 1.54) is 38.2 Å². The van der Waals surface area contributed by atoms with Crippen molar-refractivity contribution in [2.75, 3.05) is 6.54 Å². The van der Waals surface area contributed by atoms with Crippen LogP contribution in [0.2, 0.25) is 0 Å². The molecule has 0 aliphatic heterocycles. The summed E-state index contributed by atoms with van der Waals surface area (Å²) < 4.78 is 0.966. The van der Waals surface area contributed by atoms with Crippen molar-refractivity contribution in [2.45, 2.75) is 39.0 Å². The summed E-state index contributed by atoms with van der Waals surface area (Å²) in [6.45, 7) is 3.36. The van der Waals surface area contributed by atoms with Crippen LogP contribution in [0.3, 0.4) is 0 Å². The molecule has 0 spiro atoms. The minimum absolute atomic E-state index is 0.836. The van der Waals surface area contributed by atoms with Crippen LogP contribution < -0.4 is 10.8 Å². The van der Waals surface area contributed by atoms with Crippen molar-refractivity contribution in [3.05, 3.63) is 40.4 Å². The minimum atomic E-state index is -1.18. The molecule has 0 amide bonds. The Kier molecular flexibility index (Phi) is 12.2. The molecule has 0 aromatic heterocycles. The third-order valence-electron chi connectivity index (χ3n) is 2.64. The fourth-order valence-electron chi connectivity index (χ4n) is 1.52. The van der Waals surface area contributed by atoms with E-state index >= 15 is 0 Å². The van der Waals surface area contributed by atoms with Crippen LogP contribution in [0, 0.1) is 0 Å². The van der Waals surface area contributed by atoms with Gasteiger partial charge in [0.15, 0.2) is 0 Å². The number of hydrogen-bond acceptors (Lipinski definition) is 2. The van der Waals surface area contributed by atoms with Crippen LogP contribution in [0.15, 0.2) is 34.8 Å². The summed E-state index contributed by atoms with van der Waals surface area (Å²) in [6, 6.07) is 7.30. The fourth-order valence-corrected chi connectivity index (χ4v) is 1.78. The van der Waals surface area contributed by atoms with Crippen LogP contribution in [-0.2, 0) is 4.79 Å². The summed E-state index contributed by atoms with van der Waals surface area (Å²) in [4.78, 5) is 10.0. The van der Waals surface area contributed by atoms with E-state index in [1.54, 1.807) is 0 Å². The van der Waals surface area contributed by atoms with E-state index < -0.39 is 5.97 Å². The highest BCUT2D eigenvalue weighted by Gasteiger charge is 1.86. The summed E-state index contributed by atoms with van der Waals surface area (Å²) in [5.41, 5.74) is 4.62. The SMILES string of the molecule is CCCCCCC[NH3+].O=C([O-])/C=C/c1ccc(Br)cc1. The Hall–Kier alpha value is -1.13. The van der Waals surface area contributed by atoms with Crippen LogP contribution in [0.25, 0.3) is 6.08 Å². The smallest absolute Gasteiger partial charge is 0.0739 e. The highest BCUT2D eigenvalue weighted by Crippen LogP contribution is 2.11. The minimum Gasteiger partial charge on any atom is -0.545 e. The van der Waals surface area contributed by atoms with Gasteiger partial charge in [-0.15, -0.1) is 0 Å². The lowest BCUT2D eigenvalue weighted by Gasteiger charge is -1.94. The number of halogens is 1. The van der Waals surface area contributed by atoms with Gasteiger partial charge >= 0.3 is 0 Å². The average Bonchev–Trinajstić information content (AvgIpc) is 2.44. The second-order valence-corrected chi connectivity index (χ2v) is 5.39. The molecule has 112 valence electrons. The molecule has 0 bridgehead atoms. The molecule has 0 heterocycles. The Bertz CT molecular complexity index is 382. The number of carbonyl (C=O) groups is 1. The number of unbranched alkanes of at least 4 members (excludes halogenated alkanes) is 4. The van der Waals surface area contributed by atoms with Gasteiger partial charge in [0.25, 0.3) is 0 Å². The van der Waals surface area contributed by atoms with Gasteiger partial charge in [0.05, 0.1) is 12.5 Å². The topological polar surface area (TPSA) is 67.8 Å². The number of benzene rings is 1. The molecule has 0 aliphatic carbocycles. The third-order valence-corrected chi connectivity index (χ3v) is 3.16. The molecule has 1 aromatic rings. The zero-order valence-corrected chi connectivity index (χ0v) is 13.7. The van der Waals surface area contributed by atoms with Gasteiger partial charge in [-0.2, -0.15) is 0 Å². The number of carboxylic acid groups (broad SMARTS) is 1. The maximum atomic E-state index is 10.0. The largest absolute Gasteiger partial charge is 0.545 e. The fraction of sp³-hybridized carbons (Fsp3) is 0.438. The lowest BCUT2D eigenvalue weighted by atomic mass is 10.2. The zero-order chi connectivity index (χ0) is 15.2. The van der Waals surface area contributed by atoms with Crippen molar-refractivity contribution in [2.24, 2.45) is 0 Å². The van der Waals surface area contributed by atoms with E-state index in [9.17, 15) is 9.90 Å². The Morgan fingerprint density at radius 2 is 1.80 bits per heavy atom. The van der Waals surface area contributed by atoms with Crippen LogP contribution in [0.4, 0.5) is 0 Å². The summed E-state index contributed by atoms with van der Waals surface area (Å²) in [6.07, 6.45) is 9.35. The summed E-state index contributed by atoms with van der Waals surface area (Å²) >= 11 is 3.27. The third kappa shape index (κ3) is 11.9. The Balaban J connectivity index is 0.000000396. The number of carbonyl (C=O) groups excluding carboxylic acids is 1. The van der Waals surface area contributed by atoms with Gasteiger partial charge < -0.3 is 15.6 Å². The molecule has 0 unspecified atom stereocenters. The maximum absolute atomic E-state index is 10.0. The molecule has 0 fully saturated rings. The number of aliphatic carboxylic acids is 1. The average molecular weight is 342 g/mol. The highest BCUT2D eigenvalue weighted by molar-refractivity contribution is 9.10. The number of quaternary nitrogens is 1.